The number of rotatable bonds is 2. The van der Waals surface area contributed by atoms with Crippen LogP contribution in [0.4, 0.5) is 0 Å². The van der Waals surface area contributed by atoms with Crippen LogP contribution < -0.4 is 0 Å². The van der Waals surface area contributed by atoms with Crippen LogP contribution in [0, 0.1) is 0 Å². The Kier molecular flexibility index (Phi) is 1.82. The van der Waals surface area contributed by atoms with Crippen molar-refractivity contribution in [3.05, 3.63) is 59.7 Å². The van der Waals surface area contributed by atoms with E-state index >= 15 is 0 Å². The molecule has 0 radical (unpaired) electrons. The molecule has 0 amide bonds. The lowest BCUT2D eigenvalue weighted by Gasteiger charge is -1.90. The Morgan fingerprint density at radius 3 is 2.40 bits per heavy atom. The van der Waals surface area contributed by atoms with E-state index in [0.29, 0.717) is 0 Å². The predicted octanol–water partition coefficient (Wildman–Crippen LogP) is 4.04. The van der Waals surface area contributed by atoms with Crippen LogP contribution >= 0.6 is 0 Å². The molecule has 0 aliphatic carbocycles. The molecule has 0 spiro atoms. The molecular formula is C14H10O. The number of fused-ring (bicyclic) bond motifs is 2. The molecule has 2 aromatic heterocycles. The maximum absolute atomic E-state index is 5.45. The van der Waals surface area contributed by atoms with E-state index in [1.165, 1.54) is 5.56 Å². The summed E-state index contributed by atoms with van der Waals surface area (Å²) in [6.45, 7) is 0. The van der Waals surface area contributed by atoms with Gasteiger partial charge >= 0.3 is 0 Å². The number of furan rings is 2. The van der Waals surface area contributed by atoms with Gasteiger partial charge in [-0.15, -0.1) is 0 Å². The minimum atomic E-state index is 0.942. The fraction of sp³-hybridized carbons (Fsp3) is 0. The predicted molar refractivity (Wildman–Crippen MR) is 62.8 cm³/mol. The second-order valence-corrected chi connectivity index (χ2v) is 3.55. The van der Waals surface area contributed by atoms with Gasteiger partial charge in [-0.25, -0.2) is 0 Å². The molecule has 3 aromatic rings. The second-order valence-electron chi connectivity index (χ2n) is 3.55. The molecule has 1 nitrogen and oxygen atoms in total. The first-order chi connectivity index (χ1) is 7.42. The van der Waals surface area contributed by atoms with Crippen LogP contribution in [0.2, 0.25) is 0 Å². The Morgan fingerprint density at radius 2 is 1.73 bits per heavy atom. The summed E-state index contributed by atoms with van der Waals surface area (Å²) in [5.41, 5.74) is 4.25. The highest BCUT2D eigenvalue weighted by Crippen LogP contribution is 2.23. The quantitative estimate of drug-likeness (QED) is 0.561. The highest BCUT2D eigenvalue weighted by Gasteiger charge is 2.02. The fourth-order valence-corrected chi connectivity index (χ4v) is 1.69. The number of hydrogen-bond donors (Lipinski definition) is 0. The first kappa shape index (κ1) is 8.30. The van der Waals surface area contributed by atoms with Gasteiger partial charge < -0.3 is 4.42 Å². The lowest BCUT2D eigenvalue weighted by Crippen LogP contribution is -1.69. The Labute approximate surface area is 88.0 Å². The Balaban J connectivity index is 1.92. The summed E-state index contributed by atoms with van der Waals surface area (Å²) in [4.78, 5) is 0. The van der Waals surface area contributed by atoms with Crippen molar-refractivity contribution >= 4 is 23.3 Å². The van der Waals surface area contributed by atoms with Gasteiger partial charge in [-0.2, -0.15) is 0 Å². The molecule has 0 saturated heterocycles. The normalized spacial score (nSPS) is 11.7. The van der Waals surface area contributed by atoms with E-state index in [-0.39, 0.29) is 0 Å². The van der Waals surface area contributed by atoms with Gasteiger partial charge in [0.1, 0.15) is 11.2 Å². The summed E-state index contributed by atoms with van der Waals surface area (Å²) < 4.78 is 5.45. The summed E-state index contributed by atoms with van der Waals surface area (Å²) >= 11 is 0. The van der Waals surface area contributed by atoms with E-state index in [0.717, 1.165) is 16.7 Å². The third-order valence-corrected chi connectivity index (χ3v) is 2.46. The van der Waals surface area contributed by atoms with Gasteiger partial charge in [0.15, 0.2) is 0 Å². The first-order valence-corrected chi connectivity index (χ1v) is 4.97. The van der Waals surface area contributed by atoms with Crippen LogP contribution in [0.15, 0.2) is 52.9 Å². The molecule has 0 atom stereocenters. The van der Waals surface area contributed by atoms with Crippen molar-refractivity contribution < 1.29 is 4.42 Å². The molecule has 0 unspecified atom stereocenters. The summed E-state index contributed by atoms with van der Waals surface area (Å²) in [6, 6.07) is 16.3. The zero-order valence-corrected chi connectivity index (χ0v) is 8.18. The van der Waals surface area contributed by atoms with Crippen LogP contribution in [0.3, 0.4) is 0 Å². The van der Waals surface area contributed by atoms with Crippen molar-refractivity contribution in [2.75, 3.05) is 0 Å². The molecule has 0 aliphatic heterocycles. The Bertz CT molecular complexity index is 575. The molecule has 2 heterocycles. The van der Waals surface area contributed by atoms with E-state index in [9.17, 15) is 0 Å². The number of benzene rings is 2. The van der Waals surface area contributed by atoms with Gasteiger partial charge in [-0.1, -0.05) is 42.5 Å². The first-order valence-electron chi connectivity index (χ1n) is 4.97. The minimum Gasteiger partial charge on any atom is -0.457 e. The van der Waals surface area contributed by atoms with E-state index < -0.39 is 0 Å². The average Bonchev–Trinajstić information content (AvgIpc) is 2.89. The third-order valence-electron chi connectivity index (χ3n) is 2.46. The van der Waals surface area contributed by atoms with Crippen molar-refractivity contribution in [2.24, 2.45) is 0 Å². The molecule has 0 aliphatic rings. The molecule has 72 valence electrons. The van der Waals surface area contributed by atoms with Crippen LogP contribution in [0.5, 0.6) is 0 Å². The van der Waals surface area contributed by atoms with Gasteiger partial charge in [-0.3, -0.25) is 0 Å². The molecule has 15 heavy (non-hydrogen) atoms. The maximum atomic E-state index is 5.45. The smallest absolute Gasteiger partial charge is 0.134 e. The molecule has 0 fully saturated rings. The average molecular weight is 194 g/mol. The van der Waals surface area contributed by atoms with Crippen molar-refractivity contribution in [1.82, 2.24) is 0 Å². The Hall–Kier alpha value is -2.02. The van der Waals surface area contributed by atoms with Crippen LogP contribution in [-0.2, 0) is 0 Å². The fourth-order valence-electron chi connectivity index (χ4n) is 1.69. The van der Waals surface area contributed by atoms with Gasteiger partial charge in [0.25, 0.3) is 0 Å². The monoisotopic (exact) mass is 194 g/mol. The van der Waals surface area contributed by atoms with Gasteiger partial charge in [0, 0.05) is 5.56 Å². The highest BCUT2D eigenvalue weighted by molar-refractivity contribution is 5.81. The summed E-state index contributed by atoms with van der Waals surface area (Å²) in [6.07, 6.45) is 4.18. The van der Waals surface area contributed by atoms with Crippen molar-refractivity contribution in [2.45, 2.75) is 0 Å². The van der Waals surface area contributed by atoms with Crippen LogP contribution in [0.1, 0.15) is 11.1 Å². The van der Waals surface area contributed by atoms with Gasteiger partial charge in [0.2, 0.25) is 0 Å². The van der Waals surface area contributed by atoms with Gasteiger partial charge in [0.05, 0.1) is 0 Å². The minimum absolute atomic E-state index is 0.942. The van der Waals surface area contributed by atoms with Gasteiger partial charge in [-0.05, 0) is 23.8 Å². The lowest BCUT2D eigenvalue weighted by molar-refractivity contribution is 0.675. The summed E-state index contributed by atoms with van der Waals surface area (Å²) in [5.74, 6) is 0. The molecule has 3 rings (SSSR count). The summed E-state index contributed by atoms with van der Waals surface area (Å²) in [5, 5.41) is 0. The standard InChI is InChI=1S/C14H10O/c1-2-4-11(5-3-1)6-7-12-10-13-8-9-14(12)15-13/h1-10H. The van der Waals surface area contributed by atoms with E-state index in [4.69, 9.17) is 4.42 Å². The third kappa shape index (κ3) is 1.52. The molecule has 1 aromatic carbocycles. The largest absolute Gasteiger partial charge is 0.457 e. The Morgan fingerprint density at radius 1 is 0.867 bits per heavy atom. The topological polar surface area (TPSA) is 13.1 Å². The molecule has 0 saturated carbocycles. The van der Waals surface area contributed by atoms with E-state index in [1.54, 1.807) is 0 Å². The van der Waals surface area contributed by atoms with E-state index in [2.05, 4.69) is 30.4 Å². The van der Waals surface area contributed by atoms with Crippen molar-refractivity contribution in [3.63, 3.8) is 0 Å². The van der Waals surface area contributed by atoms with Crippen LogP contribution in [0.25, 0.3) is 23.3 Å². The molecule has 0 N–H and O–H groups in total. The molecule has 2 bridgehead atoms. The van der Waals surface area contributed by atoms with Crippen LogP contribution in [-0.4, -0.2) is 0 Å². The van der Waals surface area contributed by atoms with Crippen molar-refractivity contribution in [3.8, 4) is 0 Å². The lowest BCUT2D eigenvalue weighted by atomic mass is 10.1. The zero-order chi connectivity index (χ0) is 10.1. The molecule has 1 heteroatoms. The second kappa shape index (κ2) is 3.28. The summed E-state index contributed by atoms with van der Waals surface area (Å²) in [7, 11) is 0. The molecular weight excluding hydrogens is 184 g/mol. The highest BCUT2D eigenvalue weighted by atomic mass is 16.3. The zero-order valence-electron chi connectivity index (χ0n) is 8.18. The SMILES string of the molecule is C(=Cc1cc2ccc1o2)c1ccccc1. The van der Waals surface area contributed by atoms with Crippen molar-refractivity contribution in [1.29, 1.82) is 0 Å². The van der Waals surface area contributed by atoms with E-state index in [1.807, 2.05) is 30.3 Å². The number of hydrogen-bond acceptors (Lipinski definition) is 1. The maximum Gasteiger partial charge on any atom is 0.134 e.